The van der Waals surface area contributed by atoms with Crippen LogP contribution >= 0.6 is 22.9 Å². The normalized spacial score (nSPS) is 10.7. The fourth-order valence-corrected chi connectivity index (χ4v) is 4.24. The van der Waals surface area contributed by atoms with E-state index in [1.165, 1.54) is 17.4 Å². The van der Waals surface area contributed by atoms with Crippen molar-refractivity contribution in [3.63, 3.8) is 0 Å². The fraction of sp³-hybridized carbons (Fsp3) is 0.214. The van der Waals surface area contributed by atoms with Gasteiger partial charge in [0.05, 0.1) is 0 Å². The zero-order valence-electron chi connectivity index (χ0n) is 12.8. The third-order valence-corrected chi connectivity index (χ3v) is 5.95. The molecule has 2 N–H and O–H groups in total. The summed E-state index contributed by atoms with van der Waals surface area (Å²) in [6, 6.07) is 8.82. The van der Waals surface area contributed by atoms with Crippen LogP contribution in [0.2, 0.25) is 5.02 Å². The molecule has 1 heterocycles. The maximum Gasteiger partial charge on any atom is 0.333 e. The summed E-state index contributed by atoms with van der Waals surface area (Å²) in [7, 11) is -3.85. The van der Waals surface area contributed by atoms with Gasteiger partial charge in [-0.25, -0.2) is 17.9 Å². The predicted octanol–water partition coefficient (Wildman–Crippen LogP) is 3.48. The predicted molar refractivity (Wildman–Crippen MR) is 94.9 cm³/mol. The van der Waals surface area contributed by atoms with Gasteiger partial charge in [0.25, 0.3) is 10.0 Å². The molecule has 9 heteroatoms. The molecule has 2 amide bonds. The van der Waals surface area contributed by atoms with Crippen molar-refractivity contribution in [3.8, 4) is 0 Å². The van der Waals surface area contributed by atoms with Crippen LogP contribution in [-0.4, -0.2) is 44.0 Å². The monoisotopic (exact) mass is 381 g/mol. The third kappa shape index (κ3) is 6.10. The second-order valence-electron chi connectivity index (χ2n) is 4.54. The van der Waals surface area contributed by atoms with E-state index in [0.29, 0.717) is 10.7 Å². The number of thiophene rings is 1. The molecule has 0 saturated heterocycles. The van der Waals surface area contributed by atoms with E-state index in [4.69, 9.17) is 11.6 Å². The number of carbonyl (C=O) groups is 1. The first-order valence-corrected chi connectivity index (χ1v) is 9.26. The molecule has 0 saturated carbocycles. The van der Waals surface area contributed by atoms with Crippen LogP contribution in [0.5, 0.6) is 0 Å². The number of hydrogen-bond donors (Lipinski definition) is 2. The molecule has 0 fully saturated rings. The van der Waals surface area contributed by atoms with Crippen LogP contribution in [0.1, 0.15) is 18.2 Å². The van der Waals surface area contributed by atoms with Gasteiger partial charge in [-0.15, -0.1) is 11.3 Å². The van der Waals surface area contributed by atoms with Crippen LogP contribution in [0, 0.1) is 0 Å². The van der Waals surface area contributed by atoms with E-state index < -0.39 is 16.1 Å². The van der Waals surface area contributed by atoms with Gasteiger partial charge < -0.3 is 5.32 Å². The number of amides is 2. The molecule has 1 aromatic heterocycles. The van der Waals surface area contributed by atoms with Crippen LogP contribution in [0.25, 0.3) is 0 Å². The second-order valence-corrected chi connectivity index (χ2v) is 8.05. The summed E-state index contributed by atoms with van der Waals surface area (Å²) in [5.41, 5.74) is 0.454. The van der Waals surface area contributed by atoms with Crippen LogP contribution in [0.3, 0.4) is 0 Å². The van der Waals surface area contributed by atoms with Crippen LogP contribution in [0.15, 0.2) is 40.6 Å². The van der Waals surface area contributed by atoms with Crippen LogP contribution < -0.4 is 10.0 Å². The van der Waals surface area contributed by atoms with E-state index in [1.807, 2.05) is 11.6 Å². The Balaban J connectivity index is 0.00000264. The second kappa shape index (κ2) is 9.05. The van der Waals surface area contributed by atoms with Gasteiger partial charge in [-0.3, -0.25) is 0 Å². The van der Waals surface area contributed by atoms with E-state index in [1.54, 1.807) is 30.3 Å². The molecule has 0 aliphatic rings. The molecule has 2 aromatic rings. The molecule has 0 bridgehead atoms. The average Bonchev–Trinajstić information content (AvgIpc) is 2.91. The summed E-state index contributed by atoms with van der Waals surface area (Å²) in [4.78, 5) is 12.8. The number of nitrogens with one attached hydrogen (secondary N) is 2. The van der Waals surface area contributed by atoms with Gasteiger partial charge in [-0.1, -0.05) is 24.9 Å². The first-order chi connectivity index (χ1) is 10.4. The topological polar surface area (TPSA) is 75.3 Å². The number of urea groups is 1. The van der Waals surface area contributed by atoms with Crippen molar-refractivity contribution in [2.24, 2.45) is 0 Å². The number of aryl methyl sites for hydroxylation is 1. The smallest absolute Gasteiger partial charge is 0.307 e. The molecule has 0 spiro atoms. The van der Waals surface area contributed by atoms with Crippen molar-refractivity contribution < 1.29 is 13.2 Å². The van der Waals surface area contributed by atoms with Crippen LogP contribution in [-0.2, 0) is 16.4 Å². The van der Waals surface area contributed by atoms with E-state index >= 15 is 0 Å². The largest absolute Gasteiger partial charge is 0.333 e. The van der Waals surface area contributed by atoms with Crippen molar-refractivity contribution in [2.75, 3.05) is 5.32 Å². The summed E-state index contributed by atoms with van der Waals surface area (Å²) in [5.74, 6) is 0. The molecule has 0 atom stereocenters. The summed E-state index contributed by atoms with van der Waals surface area (Å²) >= 11 is 6.91. The number of carbonyl (C=O) groups excluding carboxylic acids is 1. The van der Waals surface area contributed by atoms with Crippen LogP contribution in [0.4, 0.5) is 10.5 Å². The van der Waals surface area contributed by atoms with Gasteiger partial charge in [0.15, 0.2) is 0 Å². The molecular weight excluding hydrogens is 367 g/mol. The van der Waals surface area contributed by atoms with E-state index in [-0.39, 0.29) is 33.8 Å². The minimum absolute atomic E-state index is 0. The Bertz CT molecular complexity index is 761. The van der Waals surface area contributed by atoms with E-state index in [2.05, 4.69) is 5.32 Å². The van der Waals surface area contributed by atoms with Gasteiger partial charge in [-0.05, 0) is 42.8 Å². The number of sulfonamides is 1. The SMILES string of the molecule is CCCc1ccc(S(=O)(=O)NC(=O)Nc2ccc(Cl)cc2)s1.[Na]. The van der Waals surface area contributed by atoms with Crippen molar-refractivity contribution in [1.82, 2.24) is 4.72 Å². The Morgan fingerprint density at radius 3 is 2.43 bits per heavy atom. The Morgan fingerprint density at radius 1 is 1.17 bits per heavy atom. The molecule has 0 aliphatic carbocycles. The third-order valence-electron chi connectivity index (χ3n) is 2.73. The van der Waals surface area contributed by atoms with E-state index in [9.17, 15) is 13.2 Å². The number of halogens is 1. The minimum atomic E-state index is -3.85. The summed E-state index contributed by atoms with van der Waals surface area (Å²) in [6.45, 7) is 2.02. The molecule has 23 heavy (non-hydrogen) atoms. The van der Waals surface area contributed by atoms with Crippen molar-refractivity contribution >= 4 is 74.2 Å². The fourth-order valence-electron chi connectivity index (χ4n) is 1.75. The molecule has 0 unspecified atom stereocenters. The average molecular weight is 382 g/mol. The Morgan fingerprint density at radius 2 is 1.83 bits per heavy atom. The Kier molecular flexibility index (Phi) is 8.06. The molecule has 1 aromatic carbocycles. The van der Waals surface area contributed by atoms with Gasteiger partial charge >= 0.3 is 6.03 Å². The number of rotatable bonds is 5. The van der Waals surface area contributed by atoms with Crippen molar-refractivity contribution in [1.29, 1.82) is 0 Å². The van der Waals surface area contributed by atoms with E-state index in [0.717, 1.165) is 17.7 Å². The van der Waals surface area contributed by atoms with Crippen molar-refractivity contribution in [3.05, 3.63) is 46.3 Å². The molecular formula is C14H15ClN2NaO3S2. The van der Waals surface area contributed by atoms with Gasteiger partial charge in [0.2, 0.25) is 0 Å². The number of anilines is 1. The zero-order chi connectivity index (χ0) is 16.2. The molecule has 0 aliphatic heterocycles. The maximum atomic E-state index is 12.1. The first kappa shape index (κ1) is 20.5. The summed E-state index contributed by atoms with van der Waals surface area (Å²) in [6.07, 6.45) is 1.75. The maximum absolute atomic E-state index is 12.1. The van der Waals surface area contributed by atoms with Gasteiger partial charge in [-0.2, -0.15) is 0 Å². The minimum Gasteiger partial charge on any atom is -0.307 e. The Labute approximate surface area is 166 Å². The van der Waals surface area contributed by atoms with Gasteiger partial charge in [0.1, 0.15) is 4.21 Å². The zero-order valence-corrected chi connectivity index (χ0v) is 17.2. The molecule has 1 radical (unpaired) electrons. The summed E-state index contributed by atoms with van der Waals surface area (Å²) < 4.78 is 26.4. The van der Waals surface area contributed by atoms with Gasteiger partial charge in [0, 0.05) is 45.1 Å². The standard InChI is InChI=1S/C14H15ClN2O3S2.Na/c1-2-3-12-8-9-13(21-12)22(19,20)17-14(18)16-11-6-4-10(15)5-7-11;/h4-9H,2-3H2,1H3,(H2,16,17,18);. The molecule has 5 nitrogen and oxygen atoms in total. The Hall–Kier alpha value is -0.570. The quantitative estimate of drug-likeness (QED) is 0.778. The molecule has 2 rings (SSSR count). The number of benzene rings is 1. The molecule has 119 valence electrons. The first-order valence-electron chi connectivity index (χ1n) is 6.59. The van der Waals surface area contributed by atoms with Crippen molar-refractivity contribution in [2.45, 2.75) is 24.0 Å². The summed E-state index contributed by atoms with van der Waals surface area (Å²) in [5, 5.41) is 2.97. The number of hydrogen-bond acceptors (Lipinski definition) is 4.